The SMILES string of the molecule is Fc1ccc(CCn2c3c(c4cc(Cl)ccc42)CNCC3)c(F)c1. The molecule has 1 aliphatic rings. The van der Waals surface area contributed by atoms with Crippen LogP contribution in [0.15, 0.2) is 36.4 Å². The van der Waals surface area contributed by atoms with E-state index >= 15 is 0 Å². The summed E-state index contributed by atoms with van der Waals surface area (Å²) in [4.78, 5) is 0. The summed E-state index contributed by atoms with van der Waals surface area (Å²) in [5, 5.41) is 5.27. The first-order chi connectivity index (χ1) is 11.6. The molecule has 3 aromatic rings. The second-order valence-corrected chi connectivity index (χ2v) is 6.59. The van der Waals surface area contributed by atoms with Crippen molar-refractivity contribution in [3.05, 3.63) is 69.9 Å². The summed E-state index contributed by atoms with van der Waals surface area (Å²) in [6, 6.07) is 9.70. The number of aromatic nitrogens is 1. The molecule has 0 radical (unpaired) electrons. The highest BCUT2D eigenvalue weighted by atomic mass is 35.5. The molecule has 1 N–H and O–H groups in total. The van der Waals surface area contributed by atoms with Gasteiger partial charge in [-0.1, -0.05) is 17.7 Å². The lowest BCUT2D eigenvalue weighted by Gasteiger charge is -2.17. The molecule has 0 aliphatic carbocycles. The van der Waals surface area contributed by atoms with Crippen LogP contribution in [0.2, 0.25) is 5.02 Å². The van der Waals surface area contributed by atoms with Crippen molar-refractivity contribution in [2.45, 2.75) is 25.9 Å². The average molecular weight is 347 g/mol. The number of rotatable bonds is 3. The van der Waals surface area contributed by atoms with E-state index in [1.165, 1.54) is 23.4 Å². The number of benzene rings is 2. The van der Waals surface area contributed by atoms with Gasteiger partial charge in [-0.2, -0.15) is 0 Å². The van der Waals surface area contributed by atoms with Crippen molar-refractivity contribution in [1.82, 2.24) is 9.88 Å². The van der Waals surface area contributed by atoms with Gasteiger partial charge < -0.3 is 9.88 Å². The molecular formula is C19H17ClF2N2. The topological polar surface area (TPSA) is 17.0 Å². The van der Waals surface area contributed by atoms with E-state index in [2.05, 4.69) is 9.88 Å². The van der Waals surface area contributed by atoms with E-state index in [0.717, 1.165) is 41.5 Å². The van der Waals surface area contributed by atoms with Crippen LogP contribution < -0.4 is 5.32 Å². The molecule has 0 fully saturated rings. The maximum atomic E-state index is 13.9. The molecule has 2 aromatic carbocycles. The van der Waals surface area contributed by atoms with Crippen LogP contribution in [-0.4, -0.2) is 11.1 Å². The molecule has 0 amide bonds. The van der Waals surface area contributed by atoms with Crippen LogP contribution in [0.3, 0.4) is 0 Å². The Morgan fingerprint density at radius 1 is 1.12 bits per heavy atom. The smallest absolute Gasteiger partial charge is 0.129 e. The van der Waals surface area contributed by atoms with E-state index in [4.69, 9.17) is 11.6 Å². The Morgan fingerprint density at radius 3 is 2.83 bits per heavy atom. The highest BCUT2D eigenvalue weighted by molar-refractivity contribution is 6.31. The summed E-state index contributed by atoms with van der Waals surface area (Å²) in [6.07, 6.45) is 1.46. The Bertz CT molecular complexity index is 917. The van der Waals surface area contributed by atoms with Gasteiger partial charge in [0.05, 0.1) is 0 Å². The molecule has 2 nitrogen and oxygen atoms in total. The fourth-order valence-electron chi connectivity index (χ4n) is 3.56. The molecule has 0 atom stereocenters. The number of nitrogens with zero attached hydrogens (tertiary/aromatic N) is 1. The molecule has 0 bridgehead atoms. The summed E-state index contributed by atoms with van der Waals surface area (Å²) in [5.41, 5.74) is 4.22. The standard InChI is InChI=1S/C19H17ClF2N2/c20-13-2-4-18-15(9-13)16-11-23-7-5-19(16)24(18)8-6-12-1-3-14(21)10-17(12)22/h1-4,9-10,23H,5-8,11H2. The van der Waals surface area contributed by atoms with Crippen LogP contribution in [0.1, 0.15) is 16.8 Å². The van der Waals surface area contributed by atoms with Crippen LogP contribution in [0.25, 0.3) is 10.9 Å². The molecule has 0 saturated carbocycles. The van der Waals surface area contributed by atoms with Crippen molar-refractivity contribution >= 4 is 22.5 Å². The number of hydrogen-bond acceptors (Lipinski definition) is 1. The largest absolute Gasteiger partial charge is 0.344 e. The summed E-state index contributed by atoms with van der Waals surface area (Å²) >= 11 is 6.16. The van der Waals surface area contributed by atoms with E-state index in [-0.39, 0.29) is 0 Å². The maximum Gasteiger partial charge on any atom is 0.129 e. The van der Waals surface area contributed by atoms with Gasteiger partial charge in [0.15, 0.2) is 0 Å². The highest BCUT2D eigenvalue weighted by Gasteiger charge is 2.20. The van der Waals surface area contributed by atoms with Crippen molar-refractivity contribution in [1.29, 1.82) is 0 Å². The molecule has 1 aliphatic heterocycles. The summed E-state index contributed by atoms with van der Waals surface area (Å²) < 4.78 is 29.2. The Balaban J connectivity index is 1.73. The van der Waals surface area contributed by atoms with Crippen molar-refractivity contribution in [2.75, 3.05) is 6.54 Å². The Labute approximate surface area is 144 Å². The first-order valence-electron chi connectivity index (χ1n) is 8.07. The third-order valence-electron chi connectivity index (χ3n) is 4.71. The molecule has 124 valence electrons. The van der Waals surface area contributed by atoms with Gasteiger partial charge in [0.1, 0.15) is 11.6 Å². The lowest BCUT2D eigenvalue weighted by Crippen LogP contribution is -2.24. The van der Waals surface area contributed by atoms with Crippen LogP contribution in [0.4, 0.5) is 8.78 Å². The van der Waals surface area contributed by atoms with E-state index in [1.54, 1.807) is 0 Å². The molecule has 0 spiro atoms. The van der Waals surface area contributed by atoms with Crippen LogP contribution in [0.5, 0.6) is 0 Å². The summed E-state index contributed by atoms with van der Waals surface area (Å²) in [5.74, 6) is -1.02. The lowest BCUT2D eigenvalue weighted by molar-refractivity contribution is 0.557. The zero-order valence-electron chi connectivity index (χ0n) is 13.1. The third kappa shape index (κ3) is 2.70. The first-order valence-corrected chi connectivity index (χ1v) is 8.45. The minimum atomic E-state index is -0.541. The summed E-state index contributed by atoms with van der Waals surface area (Å²) in [7, 11) is 0. The number of fused-ring (bicyclic) bond motifs is 3. The minimum Gasteiger partial charge on any atom is -0.344 e. The van der Waals surface area contributed by atoms with E-state index in [1.807, 2.05) is 18.2 Å². The zero-order valence-corrected chi connectivity index (χ0v) is 13.8. The predicted molar refractivity (Wildman–Crippen MR) is 92.4 cm³/mol. The second-order valence-electron chi connectivity index (χ2n) is 6.15. The third-order valence-corrected chi connectivity index (χ3v) is 4.94. The Kier molecular flexibility index (Phi) is 4.02. The molecular weight excluding hydrogens is 330 g/mol. The number of nitrogens with one attached hydrogen (secondary N) is 1. The lowest BCUT2D eigenvalue weighted by atomic mass is 10.1. The Morgan fingerprint density at radius 2 is 2.00 bits per heavy atom. The fourth-order valence-corrected chi connectivity index (χ4v) is 3.74. The van der Waals surface area contributed by atoms with Crippen LogP contribution in [-0.2, 0) is 25.9 Å². The fraction of sp³-hybridized carbons (Fsp3) is 0.263. The van der Waals surface area contributed by atoms with Crippen molar-refractivity contribution in [2.24, 2.45) is 0 Å². The average Bonchev–Trinajstić information content (AvgIpc) is 2.88. The van der Waals surface area contributed by atoms with Crippen molar-refractivity contribution in [3.8, 4) is 0 Å². The van der Waals surface area contributed by atoms with Gasteiger partial charge in [0, 0.05) is 53.7 Å². The molecule has 0 unspecified atom stereocenters. The first kappa shape index (κ1) is 15.6. The molecule has 5 heteroatoms. The van der Waals surface area contributed by atoms with E-state index in [9.17, 15) is 8.78 Å². The van der Waals surface area contributed by atoms with E-state index in [0.29, 0.717) is 18.5 Å². The number of aryl methyl sites for hydroxylation is 2. The van der Waals surface area contributed by atoms with Crippen LogP contribution in [0, 0.1) is 11.6 Å². The number of halogens is 3. The van der Waals surface area contributed by atoms with Gasteiger partial charge in [-0.05, 0) is 41.8 Å². The van der Waals surface area contributed by atoms with Crippen LogP contribution >= 0.6 is 11.6 Å². The normalized spacial score (nSPS) is 14.1. The summed E-state index contributed by atoms with van der Waals surface area (Å²) in [6.45, 7) is 2.42. The van der Waals surface area contributed by atoms with E-state index < -0.39 is 11.6 Å². The van der Waals surface area contributed by atoms with Gasteiger partial charge in [-0.25, -0.2) is 8.78 Å². The minimum absolute atomic E-state index is 0.481. The predicted octanol–water partition coefficient (Wildman–Crippen LogP) is 4.46. The molecule has 4 rings (SSSR count). The quantitative estimate of drug-likeness (QED) is 0.741. The molecule has 2 heterocycles. The van der Waals surface area contributed by atoms with Gasteiger partial charge in [-0.15, -0.1) is 0 Å². The van der Waals surface area contributed by atoms with Gasteiger partial charge in [0.2, 0.25) is 0 Å². The monoisotopic (exact) mass is 346 g/mol. The highest BCUT2D eigenvalue weighted by Crippen LogP contribution is 2.31. The molecule has 0 saturated heterocycles. The Hall–Kier alpha value is -1.91. The second kappa shape index (κ2) is 6.19. The van der Waals surface area contributed by atoms with Crippen molar-refractivity contribution in [3.63, 3.8) is 0 Å². The van der Waals surface area contributed by atoms with Gasteiger partial charge >= 0.3 is 0 Å². The molecule has 1 aromatic heterocycles. The maximum absolute atomic E-state index is 13.9. The molecule has 24 heavy (non-hydrogen) atoms. The van der Waals surface area contributed by atoms with Gasteiger partial charge in [0.25, 0.3) is 0 Å². The number of hydrogen-bond donors (Lipinski definition) is 1. The van der Waals surface area contributed by atoms with Gasteiger partial charge in [-0.3, -0.25) is 0 Å². The zero-order chi connectivity index (χ0) is 16.7. The van der Waals surface area contributed by atoms with Crippen molar-refractivity contribution < 1.29 is 8.78 Å².